The van der Waals surface area contributed by atoms with Gasteiger partial charge in [-0.2, -0.15) is 0 Å². The number of aromatic nitrogens is 3. The lowest BCUT2D eigenvalue weighted by molar-refractivity contribution is -0.122. The Morgan fingerprint density at radius 3 is 2.62 bits per heavy atom. The lowest BCUT2D eigenvalue weighted by Crippen LogP contribution is -2.39. The number of halogens is 2. The van der Waals surface area contributed by atoms with Crippen molar-refractivity contribution >= 4 is 17.8 Å². The van der Waals surface area contributed by atoms with Crippen LogP contribution in [0.5, 0.6) is 0 Å². The van der Waals surface area contributed by atoms with Gasteiger partial charge in [0, 0.05) is 35.3 Å². The first-order valence-electron chi connectivity index (χ1n) is 9.47. The number of esters is 1. The van der Waals surface area contributed by atoms with E-state index in [1.165, 1.54) is 60.9 Å². The van der Waals surface area contributed by atoms with E-state index >= 15 is 0 Å². The van der Waals surface area contributed by atoms with Gasteiger partial charge in [0.15, 0.2) is 11.5 Å². The van der Waals surface area contributed by atoms with Crippen LogP contribution in [0.1, 0.15) is 21.6 Å². The number of nitrogens with zero attached hydrogens (tertiary/aromatic N) is 4. The fourth-order valence-corrected chi connectivity index (χ4v) is 3.69. The van der Waals surface area contributed by atoms with E-state index in [1.54, 1.807) is 0 Å². The summed E-state index contributed by atoms with van der Waals surface area (Å²) in [5.74, 6) is -2.02. The maximum atomic E-state index is 14.6. The van der Waals surface area contributed by atoms with Gasteiger partial charge in [-0.1, -0.05) is 6.07 Å². The summed E-state index contributed by atoms with van der Waals surface area (Å²) in [6, 6.07) is 5.42. The molecule has 9 nitrogen and oxygen atoms in total. The Bertz CT molecular complexity index is 1230. The first kappa shape index (κ1) is 21.1. The van der Waals surface area contributed by atoms with Crippen LogP contribution in [0.4, 0.5) is 8.78 Å². The Labute approximate surface area is 181 Å². The third kappa shape index (κ3) is 3.37. The number of ether oxygens (including phenoxy) is 1. The van der Waals surface area contributed by atoms with E-state index in [0.29, 0.717) is 5.56 Å². The van der Waals surface area contributed by atoms with Crippen molar-refractivity contribution in [2.24, 2.45) is 10.7 Å². The quantitative estimate of drug-likeness (QED) is 0.560. The molecule has 0 bridgehead atoms. The second-order valence-electron chi connectivity index (χ2n) is 6.97. The minimum Gasteiger partial charge on any atom is -0.464 e. The van der Waals surface area contributed by atoms with Crippen LogP contribution in [0, 0.1) is 5.82 Å². The van der Waals surface area contributed by atoms with E-state index in [2.05, 4.69) is 20.3 Å². The number of nitrogens with one attached hydrogen (secondary N) is 1. The van der Waals surface area contributed by atoms with Gasteiger partial charge in [0.25, 0.3) is 5.91 Å². The highest BCUT2D eigenvalue weighted by Gasteiger charge is 2.48. The molecule has 3 N–H and O–H groups in total. The van der Waals surface area contributed by atoms with Crippen molar-refractivity contribution in [3.8, 4) is 11.1 Å². The molecule has 0 saturated carbocycles. The Morgan fingerprint density at radius 1 is 1.25 bits per heavy atom. The highest BCUT2D eigenvalue weighted by molar-refractivity contribution is 6.09. The number of rotatable bonds is 6. The molecule has 0 spiro atoms. The van der Waals surface area contributed by atoms with Gasteiger partial charge >= 0.3 is 5.97 Å². The molecule has 3 heterocycles. The van der Waals surface area contributed by atoms with Crippen LogP contribution in [0.2, 0.25) is 0 Å². The lowest BCUT2D eigenvalue weighted by Gasteiger charge is -2.24. The molecule has 1 aliphatic heterocycles. The third-order valence-corrected chi connectivity index (χ3v) is 5.15. The number of aliphatic imine (C=N–C) groups is 1. The van der Waals surface area contributed by atoms with Gasteiger partial charge in [0.2, 0.25) is 0 Å². The normalized spacial score (nSPS) is 17.7. The molecule has 0 aliphatic carbocycles. The summed E-state index contributed by atoms with van der Waals surface area (Å²) in [5.41, 5.74) is 5.17. The number of aryl methyl sites for hydroxylation is 1. The maximum Gasteiger partial charge on any atom is 0.354 e. The predicted molar refractivity (Wildman–Crippen MR) is 110 cm³/mol. The van der Waals surface area contributed by atoms with Crippen molar-refractivity contribution in [3.63, 3.8) is 0 Å². The summed E-state index contributed by atoms with van der Waals surface area (Å²) < 4.78 is 33.8. The lowest BCUT2D eigenvalue weighted by atomic mass is 9.83. The average Bonchev–Trinajstić information content (AvgIpc) is 3.35. The number of amides is 1. The Morgan fingerprint density at radius 2 is 2.00 bits per heavy atom. The Balaban J connectivity index is 1.95. The molecule has 11 heteroatoms. The molecule has 1 aromatic carbocycles. The van der Waals surface area contributed by atoms with E-state index in [9.17, 15) is 18.4 Å². The molecule has 0 radical (unpaired) electrons. The van der Waals surface area contributed by atoms with Crippen LogP contribution in [-0.4, -0.2) is 46.2 Å². The fraction of sp³-hybridized carbons (Fsp3) is 0.190. The van der Waals surface area contributed by atoms with Gasteiger partial charge in [-0.3, -0.25) is 10.1 Å². The average molecular weight is 440 g/mol. The monoisotopic (exact) mass is 440 g/mol. The molecule has 4 rings (SSSR count). The van der Waals surface area contributed by atoms with Crippen LogP contribution in [-0.2, 0) is 21.6 Å². The van der Waals surface area contributed by atoms with E-state index in [4.69, 9.17) is 10.5 Å². The number of methoxy groups -OCH3 is 1. The molecule has 0 fully saturated rings. The van der Waals surface area contributed by atoms with Crippen LogP contribution >= 0.6 is 0 Å². The molecule has 1 amide bonds. The number of benzene rings is 1. The second kappa shape index (κ2) is 8.17. The molecule has 1 unspecified atom stereocenters. The summed E-state index contributed by atoms with van der Waals surface area (Å²) >= 11 is 0. The first-order chi connectivity index (χ1) is 15.4. The standard InChI is InChI=1S/C21H18F2N6O3/c1-32-18(30)17-7-14(10-29(17)5-4-22)21(19(31)27-20(24)28-21)13-2-3-16(23)15(6-13)12-8-25-11-26-9-12/h2-3,6-11H,4-5H2,1H3,(H3,24,27,28,31). The summed E-state index contributed by atoms with van der Waals surface area (Å²) in [6.45, 7) is -0.894. The number of hydrogen-bond acceptors (Lipinski definition) is 7. The van der Waals surface area contributed by atoms with E-state index < -0.39 is 29.9 Å². The number of nitrogens with two attached hydrogens (primary N) is 1. The zero-order valence-corrected chi connectivity index (χ0v) is 16.9. The molecule has 3 aromatic rings. The second-order valence-corrected chi connectivity index (χ2v) is 6.97. The predicted octanol–water partition coefficient (Wildman–Crippen LogP) is 1.53. The molecular formula is C21H18F2N6O3. The van der Waals surface area contributed by atoms with Gasteiger partial charge < -0.3 is 15.0 Å². The zero-order chi connectivity index (χ0) is 22.9. The summed E-state index contributed by atoms with van der Waals surface area (Å²) in [7, 11) is 1.19. The smallest absolute Gasteiger partial charge is 0.354 e. The van der Waals surface area contributed by atoms with Crippen molar-refractivity contribution in [2.75, 3.05) is 13.8 Å². The van der Waals surface area contributed by atoms with Crippen LogP contribution in [0.25, 0.3) is 11.1 Å². The molecule has 1 aliphatic rings. The van der Waals surface area contributed by atoms with Crippen LogP contribution in [0.3, 0.4) is 0 Å². The van der Waals surface area contributed by atoms with Crippen LogP contribution in [0.15, 0.2) is 54.2 Å². The van der Waals surface area contributed by atoms with Gasteiger partial charge in [0.05, 0.1) is 13.7 Å². The van der Waals surface area contributed by atoms with Gasteiger partial charge in [-0.25, -0.2) is 28.5 Å². The van der Waals surface area contributed by atoms with Crippen molar-refractivity contribution in [1.29, 1.82) is 0 Å². The largest absolute Gasteiger partial charge is 0.464 e. The van der Waals surface area contributed by atoms with Crippen LogP contribution < -0.4 is 11.1 Å². The van der Waals surface area contributed by atoms with Gasteiger partial charge in [0.1, 0.15) is 24.5 Å². The Hall–Kier alpha value is -4.15. The molecular weight excluding hydrogens is 422 g/mol. The number of carbonyl (C=O) groups excluding carboxylic acids is 2. The topological polar surface area (TPSA) is 124 Å². The molecule has 2 aromatic heterocycles. The van der Waals surface area contributed by atoms with E-state index in [0.717, 1.165) is 0 Å². The number of alkyl halides is 1. The highest BCUT2D eigenvalue weighted by atomic mass is 19.1. The molecule has 164 valence electrons. The highest BCUT2D eigenvalue weighted by Crippen LogP contribution is 2.39. The third-order valence-electron chi connectivity index (χ3n) is 5.15. The SMILES string of the molecule is COC(=O)c1cc(C2(c3ccc(F)c(-c4cncnc4)c3)N=C(N)NC2=O)cn1CCF. The molecule has 32 heavy (non-hydrogen) atoms. The maximum absolute atomic E-state index is 14.6. The minimum absolute atomic E-state index is 0.0341. The van der Waals surface area contributed by atoms with Crippen molar-refractivity contribution < 1.29 is 23.1 Å². The van der Waals surface area contributed by atoms with Gasteiger partial charge in [-0.15, -0.1) is 0 Å². The zero-order valence-electron chi connectivity index (χ0n) is 16.9. The van der Waals surface area contributed by atoms with Crippen molar-refractivity contribution in [2.45, 2.75) is 12.1 Å². The van der Waals surface area contributed by atoms with E-state index in [1.807, 2.05) is 0 Å². The molecule has 0 saturated heterocycles. The summed E-state index contributed by atoms with van der Waals surface area (Å²) in [4.78, 5) is 37.5. The summed E-state index contributed by atoms with van der Waals surface area (Å²) in [6.07, 6.45) is 5.61. The van der Waals surface area contributed by atoms with Gasteiger partial charge in [-0.05, 0) is 23.8 Å². The Kier molecular flexibility index (Phi) is 5.39. The minimum atomic E-state index is -1.73. The summed E-state index contributed by atoms with van der Waals surface area (Å²) in [5, 5.41) is 2.45. The molecule has 1 atom stereocenters. The van der Waals surface area contributed by atoms with Crippen molar-refractivity contribution in [1.82, 2.24) is 19.9 Å². The fourth-order valence-electron chi connectivity index (χ4n) is 3.69. The number of hydrogen-bond donors (Lipinski definition) is 2. The van der Waals surface area contributed by atoms with Crippen molar-refractivity contribution in [3.05, 3.63) is 71.8 Å². The number of guanidine groups is 1. The first-order valence-corrected chi connectivity index (χ1v) is 9.47. The number of carbonyl (C=O) groups is 2. The van der Waals surface area contributed by atoms with E-state index in [-0.39, 0.29) is 34.9 Å².